The van der Waals surface area contributed by atoms with E-state index in [-0.39, 0.29) is 5.69 Å². The molecule has 0 radical (unpaired) electrons. The van der Waals surface area contributed by atoms with Gasteiger partial charge >= 0.3 is 5.69 Å². The fourth-order valence-electron chi connectivity index (χ4n) is 2.32. The van der Waals surface area contributed by atoms with Gasteiger partial charge in [0.25, 0.3) is 0 Å². The summed E-state index contributed by atoms with van der Waals surface area (Å²) in [7, 11) is 0. The zero-order valence-corrected chi connectivity index (χ0v) is 13.8. The lowest BCUT2D eigenvalue weighted by Crippen LogP contribution is -2.18. The Balaban J connectivity index is 1.66. The van der Waals surface area contributed by atoms with E-state index in [1.165, 1.54) is 17.3 Å². The minimum atomic E-state index is -0.187. The van der Waals surface area contributed by atoms with E-state index in [2.05, 4.69) is 28.4 Å². The number of aromatic nitrogens is 3. The second-order valence-electron chi connectivity index (χ2n) is 5.30. The lowest BCUT2D eigenvalue weighted by atomic mass is 10.1. The molecule has 0 amide bonds. The largest absolute Gasteiger partial charge is 0.343 e. The number of thioether (sulfide) groups is 1. The number of aromatic amines is 1. The smallest absolute Gasteiger partial charge is 0.270 e. The molecule has 0 bridgehead atoms. The van der Waals surface area contributed by atoms with Crippen LogP contribution in [-0.4, -0.2) is 14.8 Å². The maximum absolute atomic E-state index is 12.0. The van der Waals surface area contributed by atoms with E-state index in [0.29, 0.717) is 23.0 Å². The Morgan fingerprint density at radius 1 is 1.08 bits per heavy atom. The summed E-state index contributed by atoms with van der Waals surface area (Å²) in [5.41, 5.74) is 2.73. The van der Waals surface area contributed by atoms with Crippen molar-refractivity contribution >= 4 is 11.8 Å². The first kappa shape index (κ1) is 16.1. The first-order valence-electron chi connectivity index (χ1n) is 7.57. The number of hydrogen-bond donors (Lipinski definition) is 1. The second-order valence-corrected chi connectivity index (χ2v) is 6.24. The Kier molecular flexibility index (Phi) is 5.14. The summed E-state index contributed by atoms with van der Waals surface area (Å²) in [4.78, 5) is 12.0. The van der Waals surface area contributed by atoms with Gasteiger partial charge < -0.3 is 0 Å². The van der Waals surface area contributed by atoms with Crippen molar-refractivity contribution in [3.05, 3.63) is 81.8 Å². The molecule has 120 valence electrons. The molecule has 0 atom stereocenters. The van der Waals surface area contributed by atoms with E-state index in [9.17, 15) is 4.79 Å². The molecular formula is C18H16N4OS. The molecule has 3 rings (SSSR count). The SMILES string of the molecule is N#Cc1ccc(CSc2n[nH]c(=O)n2CCc2ccccc2)cc1. The highest BCUT2D eigenvalue weighted by Gasteiger charge is 2.09. The van der Waals surface area contributed by atoms with E-state index in [1.54, 1.807) is 16.7 Å². The van der Waals surface area contributed by atoms with E-state index in [1.807, 2.05) is 30.3 Å². The minimum Gasteiger partial charge on any atom is -0.270 e. The van der Waals surface area contributed by atoms with Gasteiger partial charge in [0.15, 0.2) is 5.16 Å². The van der Waals surface area contributed by atoms with Crippen molar-refractivity contribution in [1.29, 1.82) is 5.26 Å². The van der Waals surface area contributed by atoms with Crippen molar-refractivity contribution in [1.82, 2.24) is 14.8 Å². The molecule has 2 aromatic carbocycles. The molecule has 0 spiro atoms. The van der Waals surface area contributed by atoms with Gasteiger partial charge in [-0.3, -0.25) is 4.57 Å². The van der Waals surface area contributed by atoms with E-state index in [0.717, 1.165) is 12.0 Å². The van der Waals surface area contributed by atoms with Crippen LogP contribution >= 0.6 is 11.8 Å². The third-order valence-corrected chi connectivity index (χ3v) is 4.69. The van der Waals surface area contributed by atoms with Crippen molar-refractivity contribution in [2.45, 2.75) is 23.9 Å². The molecule has 0 aliphatic heterocycles. The molecule has 5 nitrogen and oxygen atoms in total. The fraction of sp³-hybridized carbons (Fsp3) is 0.167. The van der Waals surface area contributed by atoms with Gasteiger partial charge in [0.2, 0.25) is 0 Å². The molecule has 1 aromatic heterocycles. The number of nitriles is 1. The van der Waals surface area contributed by atoms with Gasteiger partial charge in [-0.1, -0.05) is 54.2 Å². The first-order valence-corrected chi connectivity index (χ1v) is 8.56. The van der Waals surface area contributed by atoms with Crippen LogP contribution in [0.15, 0.2) is 64.5 Å². The van der Waals surface area contributed by atoms with Crippen LogP contribution in [0, 0.1) is 11.3 Å². The molecule has 0 saturated heterocycles. The van der Waals surface area contributed by atoms with Crippen molar-refractivity contribution in [3.63, 3.8) is 0 Å². The predicted octanol–water partition coefficient (Wildman–Crippen LogP) is 2.98. The Morgan fingerprint density at radius 3 is 2.54 bits per heavy atom. The summed E-state index contributed by atoms with van der Waals surface area (Å²) in [5, 5.41) is 16.1. The minimum absolute atomic E-state index is 0.187. The zero-order chi connectivity index (χ0) is 16.8. The van der Waals surface area contributed by atoms with Gasteiger partial charge in [0.05, 0.1) is 11.6 Å². The predicted molar refractivity (Wildman–Crippen MR) is 93.7 cm³/mol. The summed E-state index contributed by atoms with van der Waals surface area (Å²) >= 11 is 1.51. The Bertz CT molecular complexity index is 891. The molecule has 6 heteroatoms. The van der Waals surface area contributed by atoms with Crippen molar-refractivity contribution in [2.24, 2.45) is 0 Å². The third-order valence-electron chi connectivity index (χ3n) is 3.64. The van der Waals surface area contributed by atoms with Crippen molar-refractivity contribution in [2.75, 3.05) is 0 Å². The molecule has 1 heterocycles. The molecule has 0 unspecified atom stereocenters. The van der Waals surface area contributed by atoms with Crippen LogP contribution in [0.3, 0.4) is 0 Å². The van der Waals surface area contributed by atoms with Crippen LogP contribution in [-0.2, 0) is 18.7 Å². The summed E-state index contributed by atoms with van der Waals surface area (Å²) in [6.45, 7) is 0.592. The lowest BCUT2D eigenvalue weighted by molar-refractivity contribution is 0.616. The number of rotatable bonds is 6. The maximum atomic E-state index is 12.0. The van der Waals surface area contributed by atoms with Gasteiger partial charge in [0.1, 0.15) is 0 Å². The Hall–Kier alpha value is -2.78. The van der Waals surface area contributed by atoms with Gasteiger partial charge in [-0.15, -0.1) is 5.10 Å². The molecule has 3 aromatic rings. The summed E-state index contributed by atoms with van der Waals surface area (Å²) < 4.78 is 1.67. The topological polar surface area (TPSA) is 74.5 Å². The Labute approximate surface area is 144 Å². The van der Waals surface area contributed by atoms with E-state index < -0.39 is 0 Å². The highest BCUT2D eigenvalue weighted by Crippen LogP contribution is 2.20. The number of nitrogens with zero attached hydrogens (tertiary/aromatic N) is 3. The monoisotopic (exact) mass is 336 g/mol. The van der Waals surface area contributed by atoms with Crippen LogP contribution in [0.25, 0.3) is 0 Å². The zero-order valence-electron chi connectivity index (χ0n) is 13.0. The lowest BCUT2D eigenvalue weighted by Gasteiger charge is -2.06. The van der Waals surface area contributed by atoms with Gasteiger partial charge in [-0.25, -0.2) is 9.89 Å². The maximum Gasteiger partial charge on any atom is 0.343 e. The number of nitrogens with one attached hydrogen (secondary N) is 1. The standard InChI is InChI=1S/C18H16N4OS/c19-12-15-6-8-16(9-7-15)13-24-18-21-20-17(23)22(18)11-10-14-4-2-1-3-5-14/h1-9H,10-11,13H2,(H,20,23). The average Bonchev–Trinajstić information content (AvgIpc) is 2.99. The van der Waals surface area contributed by atoms with E-state index >= 15 is 0 Å². The quantitative estimate of drug-likeness (QED) is 0.702. The van der Waals surface area contributed by atoms with E-state index in [4.69, 9.17) is 5.26 Å². The first-order chi connectivity index (χ1) is 11.8. The number of aryl methyl sites for hydroxylation is 1. The second kappa shape index (κ2) is 7.66. The van der Waals surface area contributed by atoms with Crippen LogP contribution in [0.2, 0.25) is 0 Å². The Morgan fingerprint density at radius 2 is 1.83 bits per heavy atom. The molecule has 24 heavy (non-hydrogen) atoms. The number of benzene rings is 2. The molecule has 0 saturated carbocycles. The molecule has 0 aliphatic rings. The van der Waals surface area contributed by atoms with Crippen LogP contribution in [0.1, 0.15) is 16.7 Å². The van der Waals surface area contributed by atoms with Crippen molar-refractivity contribution in [3.8, 4) is 6.07 Å². The van der Waals surface area contributed by atoms with Gasteiger partial charge in [-0.05, 0) is 29.7 Å². The van der Waals surface area contributed by atoms with Gasteiger partial charge in [0, 0.05) is 12.3 Å². The average molecular weight is 336 g/mol. The molecular weight excluding hydrogens is 320 g/mol. The van der Waals surface area contributed by atoms with Gasteiger partial charge in [-0.2, -0.15) is 5.26 Å². The number of H-pyrrole nitrogens is 1. The summed E-state index contributed by atoms with van der Waals surface area (Å²) in [6.07, 6.45) is 0.782. The highest BCUT2D eigenvalue weighted by atomic mass is 32.2. The van der Waals surface area contributed by atoms with Crippen LogP contribution in [0.4, 0.5) is 0 Å². The molecule has 1 N–H and O–H groups in total. The van der Waals surface area contributed by atoms with Crippen LogP contribution < -0.4 is 5.69 Å². The summed E-state index contributed by atoms with van der Waals surface area (Å²) in [6, 6.07) is 19.6. The number of hydrogen-bond acceptors (Lipinski definition) is 4. The highest BCUT2D eigenvalue weighted by molar-refractivity contribution is 7.98. The normalized spacial score (nSPS) is 10.5. The van der Waals surface area contributed by atoms with Crippen molar-refractivity contribution < 1.29 is 0 Å². The molecule has 0 aliphatic carbocycles. The molecule has 0 fully saturated rings. The summed E-state index contributed by atoms with van der Waals surface area (Å²) in [5.74, 6) is 0.696. The fourth-order valence-corrected chi connectivity index (χ4v) is 3.25. The van der Waals surface area contributed by atoms with Crippen LogP contribution in [0.5, 0.6) is 0 Å². The third kappa shape index (κ3) is 3.94.